The molecular formula is C6H9N2NaO3S. The Kier molecular flexibility index (Phi) is 4.21. The minimum Gasteiger partial charge on any atom is -1.00 e. The zero-order valence-electron chi connectivity index (χ0n) is 8.06. The van der Waals surface area contributed by atoms with Gasteiger partial charge in [-0.05, 0) is 18.2 Å². The van der Waals surface area contributed by atoms with Crippen LogP contribution in [-0.2, 0) is 10.1 Å². The molecule has 0 heterocycles. The maximum atomic E-state index is 10.6. The standard InChI is InChI=1S/C6H8N2O3S.Na.H/c7-4-1-5(8)3-6(2-4)12(9,10)11;;/h1-3H,7-8H2,(H,9,10,11);;/q;+1;-1. The van der Waals surface area contributed by atoms with E-state index < -0.39 is 10.1 Å². The quantitative estimate of drug-likeness (QED) is 0.265. The van der Waals surface area contributed by atoms with E-state index >= 15 is 0 Å². The van der Waals surface area contributed by atoms with E-state index in [0.717, 1.165) is 12.1 Å². The fourth-order valence-corrected chi connectivity index (χ4v) is 1.36. The van der Waals surface area contributed by atoms with Gasteiger partial charge in [-0.25, -0.2) is 0 Å². The minimum absolute atomic E-state index is 0. The van der Waals surface area contributed by atoms with Crippen molar-refractivity contribution in [1.82, 2.24) is 0 Å². The molecule has 0 aliphatic rings. The van der Waals surface area contributed by atoms with Crippen LogP contribution in [0.2, 0.25) is 0 Å². The summed E-state index contributed by atoms with van der Waals surface area (Å²) in [5, 5.41) is 0. The van der Waals surface area contributed by atoms with Gasteiger partial charge >= 0.3 is 29.6 Å². The van der Waals surface area contributed by atoms with Gasteiger partial charge in [0.1, 0.15) is 0 Å². The number of hydrogen-bond acceptors (Lipinski definition) is 4. The Morgan fingerprint density at radius 2 is 1.54 bits per heavy atom. The number of nitrogens with two attached hydrogens (primary N) is 2. The average Bonchev–Trinajstić information content (AvgIpc) is 1.82. The van der Waals surface area contributed by atoms with Gasteiger partial charge in [-0.1, -0.05) is 0 Å². The third-order valence-corrected chi connectivity index (χ3v) is 2.08. The summed E-state index contributed by atoms with van der Waals surface area (Å²) in [4.78, 5) is -0.292. The van der Waals surface area contributed by atoms with Gasteiger partial charge in [-0.15, -0.1) is 0 Å². The number of anilines is 2. The molecule has 1 aromatic rings. The largest absolute Gasteiger partial charge is 1.00 e. The molecule has 0 fully saturated rings. The van der Waals surface area contributed by atoms with E-state index in [-0.39, 0.29) is 47.3 Å². The molecule has 5 N–H and O–H groups in total. The summed E-state index contributed by atoms with van der Waals surface area (Å²) in [7, 11) is -4.21. The molecule has 0 radical (unpaired) electrons. The van der Waals surface area contributed by atoms with E-state index in [9.17, 15) is 8.42 Å². The van der Waals surface area contributed by atoms with E-state index in [2.05, 4.69) is 0 Å². The van der Waals surface area contributed by atoms with Gasteiger partial charge in [-0.3, -0.25) is 4.55 Å². The smallest absolute Gasteiger partial charge is 1.00 e. The second-order valence-electron chi connectivity index (χ2n) is 2.31. The van der Waals surface area contributed by atoms with E-state index in [1.807, 2.05) is 0 Å². The number of rotatable bonds is 1. The molecule has 0 aromatic heterocycles. The molecule has 0 bridgehead atoms. The topological polar surface area (TPSA) is 106 Å². The summed E-state index contributed by atoms with van der Waals surface area (Å²) >= 11 is 0. The monoisotopic (exact) mass is 212 g/mol. The Labute approximate surface area is 99.6 Å². The van der Waals surface area contributed by atoms with Crippen molar-refractivity contribution in [3.63, 3.8) is 0 Å². The van der Waals surface area contributed by atoms with E-state index in [4.69, 9.17) is 16.0 Å². The van der Waals surface area contributed by atoms with Crippen molar-refractivity contribution >= 4 is 21.5 Å². The molecule has 1 aromatic carbocycles. The second kappa shape index (κ2) is 4.30. The first-order valence-electron chi connectivity index (χ1n) is 3.03. The van der Waals surface area contributed by atoms with Crippen LogP contribution in [0.4, 0.5) is 11.4 Å². The van der Waals surface area contributed by atoms with Gasteiger partial charge in [-0.2, -0.15) is 8.42 Å². The number of hydrogen-bond donors (Lipinski definition) is 3. The predicted molar refractivity (Wildman–Crippen MR) is 46.2 cm³/mol. The summed E-state index contributed by atoms with van der Waals surface area (Å²) in [6.45, 7) is 0. The molecule has 0 unspecified atom stereocenters. The molecule has 0 saturated heterocycles. The Hall–Kier alpha value is -0.270. The fourth-order valence-electron chi connectivity index (χ4n) is 0.795. The first-order chi connectivity index (χ1) is 5.39. The molecule has 0 aliphatic heterocycles. The van der Waals surface area contributed by atoms with Crippen LogP contribution in [0, 0.1) is 0 Å². The van der Waals surface area contributed by atoms with Gasteiger partial charge in [0.2, 0.25) is 0 Å². The molecule has 0 aliphatic carbocycles. The molecule has 0 amide bonds. The summed E-state index contributed by atoms with van der Waals surface area (Å²) in [5.41, 5.74) is 11.0. The predicted octanol–water partition coefficient (Wildman–Crippen LogP) is -2.79. The average molecular weight is 212 g/mol. The van der Waals surface area contributed by atoms with Crippen LogP contribution >= 0.6 is 0 Å². The molecule has 0 atom stereocenters. The van der Waals surface area contributed by atoms with Gasteiger partial charge in [0.05, 0.1) is 4.90 Å². The van der Waals surface area contributed by atoms with Crippen molar-refractivity contribution in [3.8, 4) is 0 Å². The first kappa shape index (κ1) is 12.7. The molecule has 68 valence electrons. The third kappa shape index (κ3) is 3.53. The van der Waals surface area contributed by atoms with E-state index in [1.54, 1.807) is 0 Å². The van der Waals surface area contributed by atoms with E-state index in [1.165, 1.54) is 6.07 Å². The normalized spacial score (nSPS) is 10.5. The summed E-state index contributed by atoms with van der Waals surface area (Å²) in [5.74, 6) is 0. The molecule has 1 rings (SSSR count). The summed E-state index contributed by atoms with van der Waals surface area (Å²) in [6.07, 6.45) is 0. The van der Waals surface area contributed by atoms with Crippen LogP contribution in [0.25, 0.3) is 0 Å². The number of benzene rings is 1. The maximum Gasteiger partial charge on any atom is 1.00 e. The zero-order chi connectivity index (χ0) is 9.35. The molecule has 13 heavy (non-hydrogen) atoms. The van der Waals surface area contributed by atoms with Crippen LogP contribution < -0.4 is 41.0 Å². The van der Waals surface area contributed by atoms with Crippen molar-refractivity contribution in [2.24, 2.45) is 0 Å². The van der Waals surface area contributed by atoms with Crippen LogP contribution in [0.3, 0.4) is 0 Å². The summed E-state index contributed by atoms with van der Waals surface area (Å²) < 4.78 is 29.8. The minimum atomic E-state index is -4.21. The van der Waals surface area contributed by atoms with Crippen molar-refractivity contribution < 1.29 is 44.0 Å². The molecule has 7 heteroatoms. The molecule has 0 saturated carbocycles. The number of nitrogen functional groups attached to an aromatic ring is 2. The van der Waals surface area contributed by atoms with Gasteiger partial charge in [0.15, 0.2) is 0 Å². The SMILES string of the molecule is Nc1cc(N)cc(S(=O)(=O)O)c1.[H-].[Na+]. The van der Waals surface area contributed by atoms with Crippen LogP contribution in [-0.4, -0.2) is 13.0 Å². The van der Waals surface area contributed by atoms with E-state index in [0.29, 0.717) is 0 Å². The van der Waals surface area contributed by atoms with Gasteiger partial charge < -0.3 is 12.9 Å². The Morgan fingerprint density at radius 1 is 1.15 bits per heavy atom. The van der Waals surface area contributed by atoms with Crippen molar-refractivity contribution in [2.45, 2.75) is 4.90 Å². The molecular weight excluding hydrogens is 203 g/mol. The van der Waals surface area contributed by atoms with Crippen LogP contribution in [0.1, 0.15) is 1.43 Å². The Balaban J connectivity index is 0. The summed E-state index contributed by atoms with van der Waals surface area (Å²) in [6, 6.07) is 3.66. The zero-order valence-corrected chi connectivity index (χ0v) is 9.88. The van der Waals surface area contributed by atoms with Crippen molar-refractivity contribution in [1.29, 1.82) is 0 Å². The maximum absolute atomic E-state index is 10.6. The van der Waals surface area contributed by atoms with Crippen LogP contribution in [0.15, 0.2) is 23.1 Å². The Bertz CT molecular complexity index is 389. The van der Waals surface area contributed by atoms with Gasteiger partial charge in [0, 0.05) is 11.4 Å². The van der Waals surface area contributed by atoms with Crippen LogP contribution in [0.5, 0.6) is 0 Å². The fraction of sp³-hybridized carbons (Fsp3) is 0. The van der Waals surface area contributed by atoms with Crippen molar-refractivity contribution in [3.05, 3.63) is 18.2 Å². The van der Waals surface area contributed by atoms with Crippen molar-refractivity contribution in [2.75, 3.05) is 11.5 Å². The molecule has 0 spiro atoms. The third-order valence-electron chi connectivity index (χ3n) is 1.25. The molecule has 5 nitrogen and oxygen atoms in total. The second-order valence-corrected chi connectivity index (χ2v) is 3.73. The first-order valence-corrected chi connectivity index (χ1v) is 4.47. The Morgan fingerprint density at radius 3 is 1.85 bits per heavy atom. The van der Waals surface area contributed by atoms with Gasteiger partial charge in [0.25, 0.3) is 10.1 Å².